The summed E-state index contributed by atoms with van der Waals surface area (Å²) < 4.78 is 26.4. The van der Waals surface area contributed by atoms with Crippen LogP contribution in [0.25, 0.3) is 22.4 Å². The van der Waals surface area contributed by atoms with Gasteiger partial charge in [0.15, 0.2) is 5.15 Å². The molecule has 7 heteroatoms. The van der Waals surface area contributed by atoms with Crippen LogP contribution in [0.3, 0.4) is 0 Å². The summed E-state index contributed by atoms with van der Waals surface area (Å²) in [5.74, 6) is -1.35. The molecule has 0 amide bonds. The van der Waals surface area contributed by atoms with Gasteiger partial charge in [0.2, 0.25) is 5.65 Å². The number of aromatic nitrogens is 4. The first-order valence-corrected chi connectivity index (χ1v) is 5.35. The molecule has 0 saturated heterocycles. The molecule has 0 saturated carbocycles. The standard InChI is InChI=1S/C11H5ClF2N4/c12-10-9-11(18-17-10)16-8(4-15-9)6-2-1-5(13)3-7(6)14/h1-4H,(H,16,17,18). The van der Waals surface area contributed by atoms with E-state index in [4.69, 9.17) is 11.6 Å². The van der Waals surface area contributed by atoms with Crippen molar-refractivity contribution in [2.45, 2.75) is 0 Å². The number of H-pyrrole nitrogens is 1. The summed E-state index contributed by atoms with van der Waals surface area (Å²) in [6.07, 6.45) is 1.36. The van der Waals surface area contributed by atoms with E-state index < -0.39 is 11.6 Å². The van der Waals surface area contributed by atoms with Crippen LogP contribution in [0.5, 0.6) is 0 Å². The lowest BCUT2D eigenvalue weighted by Gasteiger charge is -2.01. The number of hydrogen-bond donors (Lipinski definition) is 1. The fraction of sp³-hybridized carbons (Fsp3) is 0. The van der Waals surface area contributed by atoms with Crippen molar-refractivity contribution in [3.63, 3.8) is 0 Å². The molecule has 0 unspecified atom stereocenters. The third-order valence-corrected chi connectivity index (χ3v) is 2.69. The number of benzene rings is 1. The van der Waals surface area contributed by atoms with Crippen molar-refractivity contribution in [2.24, 2.45) is 0 Å². The Morgan fingerprint density at radius 2 is 2.06 bits per heavy atom. The van der Waals surface area contributed by atoms with Gasteiger partial charge in [0.05, 0.1) is 11.9 Å². The summed E-state index contributed by atoms with van der Waals surface area (Å²) in [5.41, 5.74) is 1.11. The number of fused-ring (bicyclic) bond motifs is 1. The highest BCUT2D eigenvalue weighted by Crippen LogP contribution is 2.24. The molecule has 0 radical (unpaired) electrons. The topological polar surface area (TPSA) is 54.5 Å². The van der Waals surface area contributed by atoms with Gasteiger partial charge in [-0.25, -0.2) is 18.7 Å². The molecule has 0 spiro atoms. The summed E-state index contributed by atoms with van der Waals surface area (Å²) in [7, 11) is 0. The van der Waals surface area contributed by atoms with Gasteiger partial charge in [-0.3, -0.25) is 5.10 Å². The molecule has 3 rings (SSSR count). The van der Waals surface area contributed by atoms with E-state index in [0.29, 0.717) is 5.52 Å². The van der Waals surface area contributed by atoms with E-state index in [1.54, 1.807) is 0 Å². The van der Waals surface area contributed by atoms with Crippen LogP contribution in [0.1, 0.15) is 0 Å². The lowest BCUT2D eigenvalue weighted by atomic mass is 10.1. The summed E-state index contributed by atoms with van der Waals surface area (Å²) >= 11 is 5.78. The highest BCUT2D eigenvalue weighted by atomic mass is 35.5. The summed E-state index contributed by atoms with van der Waals surface area (Å²) in [6, 6.07) is 3.25. The molecule has 4 nitrogen and oxygen atoms in total. The van der Waals surface area contributed by atoms with Gasteiger partial charge >= 0.3 is 0 Å². The van der Waals surface area contributed by atoms with Crippen molar-refractivity contribution in [3.05, 3.63) is 41.2 Å². The zero-order chi connectivity index (χ0) is 12.7. The molecule has 0 bridgehead atoms. The molecule has 1 aromatic carbocycles. The second-order valence-corrected chi connectivity index (χ2v) is 3.97. The number of rotatable bonds is 1. The van der Waals surface area contributed by atoms with Gasteiger partial charge in [-0.05, 0) is 12.1 Å². The van der Waals surface area contributed by atoms with Gasteiger partial charge in [-0.1, -0.05) is 11.6 Å². The monoisotopic (exact) mass is 266 g/mol. The molecule has 0 aliphatic rings. The first-order valence-electron chi connectivity index (χ1n) is 4.97. The fourth-order valence-electron chi connectivity index (χ4n) is 1.59. The van der Waals surface area contributed by atoms with E-state index in [9.17, 15) is 8.78 Å². The Morgan fingerprint density at radius 1 is 1.22 bits per heavy atom. The molecule has 2 aromatic heterocycles. The van der Waals surface area contributed by atoms with Crippen molar-refractivity contribution in [2.75, 3.05) is 0 Å². The Labute approximate surface area is 105 Å². The highest BCUT2D eigenvalue weighted by Gasteiger charge is 2.11. The summed E-state index contributed by atoms with van der Waals surface area (Å²) in [4.78, 5) is 8.14. The summed E-state index contributed by atoms with van der Waals surface area (Å²) in [6.45, 7) is 0. The molecule has 90 valence electrons. The van der Waals surface area contributed by atoms with Gasteiger partial charge in [-0.15, -0.1) is 0 Å². The first-order chi connectivity index (χ1) is 8.65. The molecule has 1 N–H and O–H groups in total. The number of nitrogens with zero attached hydrogens (tertiary/aromatic N) is 3. The predicted octanol–water partition coefficient (Wildman–Crippen LogP) is 2.95. The van der Waals surface area contributed by atoms with E-state index in [1.165, 1.54) is 12.3 Å². The Hall–Kier alpha value is -2.08. The van der Waals surface area contributed by atoms with Crippen LogP contribution < -0.4 is 0 Å². The maximum Gasteiger partial charge on any atom is 0.201 e. The van der Waals surface area contributed by atoms with Crippen LogP contribution >= 0.6 is 11.6 Å². The average Bonchev–Trinajstić information content (AvgIpc) is 2.71. The smallest absolute Gasteiger partial charge is 0.201 e. The number of halogens is 3. The number of nitrogens with one attached hydrogen (secondary N) is 1. The molecule has 0 fully saturated rings. The maximum atomic E-state index is 13.6. The van der Waals surface area contributed by atoms with E-state index in [-0.39, 0.29) is 22.1 Å². The van der Waals surface area contributed by atoms with Crippen molar-refractivity contribution < 1.29 is 8.78 Å². The van der Waals surface area contributed by atoms with Crippen molar-refractivity contribution in [1.29, 1.82) is 0 Å². The highest BCUT2D eigenvalue weighted by molar-refractivity contribution is 6.33. The van der Waals surface area contributed by atoms with E-state index >= 15 is 0 Å². The molecule has 0 aliphatic carbocycles. The normalized spacial score (nSPS) is 11.1. The Kier molecular flexibility index (Phi) is 2.45. The molecule has 18 heavy (non-hydrogen) atoms. The lowest BCUT2D eigenvalue weighted by molar-refractivity contribution is 0.585. The Bertz CT molecular complexity index is 741. The minimum atomic E-state index is -0.703. The van der Waals surface area contributed by atoms with Gasteiger partial charge in [0, 0.05) is 11.6 Å². The second kappa shape index (κ2) is 3.99. The number of hydrogen-bond acceptors (Lipinski definition) is 3. The Balaban J connectivity index is 2.19. The van der Waals surface area contributed by atoms with E-state index in [0.717, 1.165) is 12.1 Å². The minimum Gasteiger partial charge on any atom is -0.263 e. The third kappa shape index (κ3) is 1.70. The number of aromatic amines is 1. The third-order valence-electron chi connectivity index (χ3n) is 2.43. The van der Waals surface area contributed by atoms with E-state index in [1.807, 2.05) is 0 Å². The Morgan fingerprint density at radius 3 is 2.83 bits per heavy atom. The van der Waals surface area contributed by atoms with Gasteiger partial charge in [0.1, 0.15) is 17.2 Å². The maximum absolute atomic E-state index is 13.6. The second-order valence-electron chi connectivity index (χ2n) is 3.59. The average molecular weight is 267 g/mol. The largest absolute Gasteiger partial charge is 0.263 e. The van der Waals surface area contributed by atoms with Gasteiger partial charge in [0.25, 0.3) is 0 Å². The molecular formula is C11H5ClF2N4. The predicted molar refractivity (Wildman–Crippen MR) is 62.0 cm³/mol. The van der Waals surface area contributed by atoms with Crippen LogP contribution in [0.2, 0.25) is 5.15 Å². The van der Waals surface area contributed by atoms with Crippen LogP contribution in [0, 0.1) is 11.6 Å². The van der Waals surface area contributed by atoms with Crippen LogP contribution in [-0.2, 0) is 0 Å². The molecule has 2 heterocycles. The first kappa shape index (κ1) is 11.0. The van der Waals surface area contributed by atoms with Gasteiger partial charge in [-0.2, -0.15) is 5.10 Å². The SMILES string of the molecule is Fc1ccc(-c2cnc3c(Cl)[nH]nc3n2)c(F)c1. The van der Waals surface area contributed by atoms with Crippen LogP contribution in [0.4, 0.5) is 8.78 Å². The summed E-state index contributed by atoms with van der Waals surface area (Å²) in [5, 5.41) is 6.61. The quantitative estimate of drug-likeness (QED) is 0.737. The minimum absolute atomic E-state index is 0.157. The zero-order valence-electron chi connectivity index (χ0n) is 8.78. The fourth-order valence-corrected chi connectivity index (χ4v) is 1.77. The molecular weight excluding hydrogens is 262 g/mol. The van der Waals surface area contributed by atoms with E-state index in [2.05, 4.69) is 20.2 Å². The molecule has 3 aromatic rings. The zero-order valence-corrected chi connectivity index (χ0v) is 9.54. The van der Waals surface area contributed by atoms with Crippen molar-refractivity contribution in [1.82, 2.24) is 20.2 Å². The van der Waals surface area contributed by atoms with Crippen molar-refractivity contribution >= 4 is 22.8 Å². The van der Waals surface area contributed by atoms with Crippen molar-refractivity contribution in [3.8, 4) is 11.3 Å². The van der Waals surface area contributed by atoms with Crippen LogP contribution in [0.15, 0.2) is 24.4 Å². The lowest BCUT2D eigenvalue weighted by Crippen LogP contribution is -1.91. The van der Waals surface area contributed by atoms with Crippen LogP contribution in [-0.4, -0.2) is 20.2 Å². The molecule has 0 aliphatic heterocycles. The molecule has 0 atom stereocenters. The van der Waals surface area contributed by atoms with Gasteiger partial charge < -0.3 is 0 Å².